The summed E-state index contributed by atoms with van der Waals surface area (Å²) in [6.07, 6.45) is 10.2. The fraction of sp³-hybridized carbons (Fsp3) is 0.250. The lowest BCUT2D eigenvalue weighted by molar-refractivity contribution is -0.149. The molecule has 0 spiro atoms. The Morgan fingerprint density at radius 3 is 2.78 bits per heavy atom. The van der Waals surface area contributed by atoms with Crippen LogP contribution in [0.15, 0.2) is 78.6 Å². The first kappa shape index (κ1) is 15.3. The summed E-state index contributed by atoms with van der Waals surface area (Å²) >= 11 is 0. The van der Waals surface area contributed by atoms with Gasteiger partial charge in [0.05, 0.1) is 13.0 Å². The molecule has 0 bridgehead atoms. The van der Waals surface area contributed by atoms with Gasteiger partial charge in [0.15, 0.2) is 0 Å². The van der Waals surface area contributed by atoms with Gasteiger partial charge in [-0.1, -0.05) is 61.2 Å². The normalized spacial score (nSPS) is 26.4. The molecule has 0 saturated carbocycles. The van der Waals surface area contributed by atoms with Gasteiger partial charge in [0, 0.05) is 0 Å². The molecule has 3 rings (SSSR count). The van der Waals surface area contributed by atoms with Crippen molar-refractivity contribution in [3.05, 3.63) is 84.2 Å². The molecule has 1 heterocycles. The largest absolute Gasteiger partial charge is 0.493 e. The van der Waals surface area contributed by atoms with E-state index >= 15 is 0 Å². The van der Waals surface area contributed by atoms with Crippen LogP contribution in [-0.4, -0.2) is 19.7 Å². The van der Waals surface area contributed by atoms with E-state index in [-0.39, 0.29) is 11.9 Å². The fourth-order valence-electron chi connectivity index (χ4n) is 3.39. The topological polar surface area (TPSA) is 35.5 Å². The molecule has 2 aliphatic rings. The maximum Gasteiger partial charge on any atom is 0.317 e. The van der Waals surface area contributed by atoms with Crippen molar-refractivity contribution in [3.63, 3.8) is 0 Å². The number of rotatable bonds is 2. The molecular formula is C20H20O3. The van der Waals surface area contributed by atoms with Crippen molar-refractivity contribution in [2.75, 3.05) is 13.7 Å². The lowest BCUT2D eigenvalue weighted by Crippen LogP contribution is -2.43. The van der Waals surface area contributed by atoms with E-state index in [1.54, 1.807) is 0 Å². The molecule has 118 valence electrons. The molecule has 1 aromatic rings. The van der Waals surface area contributed by atoms with Crippen LogP contribution in [-0.2, 0) is 19.7 Å². The molecule has 1 aliphatic heterocycles. The van der Waals surface area contributed by atoms with Gasteiger partial charge in [0.1, 0.15) is 17.8 Å². The summed E-state index contributed by atoms with van der Waals surface area (Å²) in [5, 5.41) is 0. The first-order valence-corrected chi connectivity index (χ1v) is 7.67. The molecule has 1 aromatic carbocycles. The Morgan fingerprint density at radius 2 is 2.04 bits per heavy atom. The number of hydrogen-bond donors (Lipinski definition) is 0. The van der Waals surface area contributed by atoms with Crippen molar-refractivity contribution in [3.8, 4) is 0 Å². The Kier molecular flexibility index (Phi) is 4.20. The Hall–Kier alpha value is -2.55. The zero-order valence-electron chi connectivity index (χ0n) is 13.2. The van der Waals surface area contributed by atoms with Gasteiger partial charge in [-0.25, -0.2) is 0 Å². The first-order valence-electron chi connectivity index (χ1n) is 7.67. The summed E-state index contributed by atoms with van der Waals surface area (Å²) in [5.41, 5.74) is 0.935. The van der Waals surface area contributed by atoms with Gasteiger partial charge in [-0.15, -0.1) is 0 Å². The standard InChI is InChI=1S/C20H20O3/c1-15-13-20(19(21)22-2,16-9-5-3-6-10-16)17-11-7-4-8-12-18(17)23-14-15/h3-12,17H,1,13-14H2,2H3/t17-,20+/m1/s1. The number of fused-ring (bicyclic) bond motifs is 1. The third-order valence-corrected chi connectivity index (χ3v) is 4.43. The number of methoxy groups -OCH3 is 1. The van der Waals surface area contributed by atoms with Crippen LogP contribution in [0.1, 0.15) is 12.0 Å². The van der Waals surface area contributed by atoms with Crippen molar-refractivity contribution < 1.29 is 14.3 Å². The molecule has 0 aromatic heterocycles. The minimum Gasteiger partial charge on any atom is -0.493 e. The molecule has 1 saturated heterocycles. The fourth-order valence-corrected chi connectivity index (χ4v) is 3.39. The second kappa shape index (κ2) is 6.29. The highest BCUT2D eigenvalue weighted by molar-refractivity contribution is 5.85. The van der Waals surface area contributed by atoms with Crippen LogP contribution < -0.4 is 0 Å². The van der Waals surface area contributed by atoms with Gasteiger partial charge in [-0.05, 0) is 23.6 Å². The van der Waals surface area contributed by atoms with Gasteiger partial charge in [0.25, 0.3) is 0 Å². The van der Waals surface area contributed by atoms with Crippen molar-refractivity contribution in [2.45, 2.75) is 11.8 Å². The number of carbonyl (C=O) groups excluding carboxylic acids is 1. The van der Waals surface area contributed by atoms with Crippen molar-refractivity contribution in [1.29, 1.82) is 0 Å². The predicted octanol–water partition coefficient (Wildman–Crippen LogP) is 3.70. The number of allylic oxidation sites excluding steroid dienone is 5. The van der Waals surface area contributed by atoms with Crippen LogP contribution in [0.5, 0.6) is 0 Å². The van der Waals surface area contributed by atoms with E-state index in [1.165, 1.54) is 7.11 Å². The monoisotopic (exact) mass is 308 g/mol. The lowest BCUT2D eigenvalue weighted by Gasteiger charge is -2.36. The maximum atomic E-state index is 13.0. The average molecular weight is 308 g/mol. The predicted molar refractivity (Wildman–Crippen MR) is 89.7 cm³/mol. The lowest BCUT2D eigenvalue weighted by atomic mass is 9.66. The van der Waals surface area contributed by atoms with E-state index in [4.69, 9.17) is 9.47 Å². The molecule has 0 amide bonds. The summed E-state index contributed by atoms with van der Waals surface area (Å²) in [7, 11) is 1.43. The average Bonchev–Trinajstić information content (AvgIpc) is 2.90. The van der Waals surface area contributed by atoms with Gasteiger partial charge in [-0.2, -0.15) is 0 Å². The first-order chi connectivity index (χ1) is 11.2. The van der Waals surface area contributed by atoms with Crippen LogP contribution in [0.3, 0.4) is 0 Å². The second-order valence-electron chi connectivity index (χ2n) is 5.86. The Balaban J connectivity index is 2.25. The molecule has 2 atom stereocenters. The summed E-state index contributed by atoms with van der Waals surface area (Å²) < 4.78 is 11.1. The molecular weight excluding hydrogens is 288 g/mol. The number of carbonyl (C=O) groups is 1. The highest BCUT2D eigenvalue weighted by Crippen LogP contribution is 2.46. The second-order valence-corrected chi connectivity index (χ2v) is 5.86. The minimum atomic E-state index is -0.863. The van der Waals surface area contributed by atoms with Crippen LogP contribution in [0.25, 0.3) is 0 Å². The molecule has 3 nitrogen and oxygen atoms in total. The summed E-state index contributed by atoms with van der Waals surface area (Å²) in [6, 6.07) is 9.77. The van der Waals surface area contributed by atoms with E-state index in [1.807, 2.05) is 60.7 Å². The number of hydrogen-bond acceptors (Lipinski definition) is 3. The molecule has 0 radical (unpaired) electrons. The SMILES string of the molecule is C=C1COC2=CC=CC=C[C@H]2[C@@](C(=O)OC)(c2ccccc2)C1. The highest BCUT2D eigenvalue weighted by Gasteiger charge is 2.51. The van der Waals surface area contributed by atoms with E-state index in [0.29, 0.717) is 13.0 Å². The third kappa shape index (κ3) is 2.63. The van der Waals surface area contributed by atoms with Gasteiger partial charge in [0.2, 0.25) is 0 Å². The smallest absolute Gasteiger partial charge is 0.317 e. The molecule has 23 heavy (non-hydrogen) atoms. The highest BCUT2D eigenvalue weighted by atomic mass is 16.5. The van der Waals surface area contributed by atoms with E-state index in [0.717, 1.165) is 16.9 Å². The Morgan fingerprint density at radius 1 is 1.26 bits per heavy atom. The zero-order valence-corrected chi connectivity index (χ0v) is 13.2. The summed E-state index contributed by atoms with van der Waals surface area (Å²) in [5.74, 6) is 0.271. The number of benzene rings is 1. The van der Waals surface area contributed by atoms with E-state index in [2.05, 4.69) is 6.58 Å². The molecule has 1 fully saturated rings. The molecule has 0 N–H and O–H groups in total. The summed E-state index contributed by atoms with van der Waals surface area (Å²) in [4.78, 5) is 13.0. The van der Waals surface area contributed by atoms with Gasteiger partial charge >= 0.3 is 5.97 Å². The Labute approximate surface area is 136 Å². The minimum absolute atomic E-state index is 0.230. The van der Waals surface area contributed by atoms with Crippen molar-refractivity contribution in [1.82, 2.24) is 0 Å². The van der Waals surface area contributed by atoms with Crippen LogP contribution in [0.4, 0.5) is 0 Å². The van der Waals surface area contributed by atoms with Crippen LogP contribution in [0, 0.1) is 5.92 Å². The molecule has 3 heteroatoms. The van der Waals surface area contributed by atoms with Crippen LogP contribution in [0.2, 0.25) is 0 Å². The quantitative estimate of drug-likeness (QED) is 0.617. The van der Waals surface area contributed by atoms with Crippen molar-refractivity contribution >= 4 is 5.97 Å². The molecule has 1 aliphatic carbocycles. The molecule has 0 unspecified atom stereocenters. The number of ether oxygens (including phenoxy) is 2. The summed E-state index contributed by atoms with van der Waals surface area (Å²) in [6.45, 7) is 4.50. The van der Waals surface area contributed by atoms with Crippen LogP contribution >= 0.6 is 0 Å². The number of esters is 1. The Bertz CT molecular complexity index is 697. The van der Waals surface area contributed by atoms with Crippen molar-refractivity contribution in [2.24, 2.45) is 5.92 Å². The zero-order chi connectivity index (χ0) is 16.3. The van der Waals surface area contributed by atoms with E-state index in [9.17, 15) is 4.79 Å². The maximum absolute atomic E-state index is 13.0. The van der Waals surface area contributed by atoms with Gasteiger partial charge < -0.3 is 9.47 Å². The van der Waals surface area contributed by atoms with Gasteiger partial charge in [-0.3, -0.25) is 4.79 Å². The van der Waals surface area contributed by atoms with E-state index < -0.39 is 5.41 Å². The third-order valence-electron chi connectivity index (χ3n) is 4.43.